The normalized spacial score (nSPS) is 12.8. The van der Waals surface area contributed by atoms with E-state index in [0.29, 0.717) is 0 Å². The Morgan fingerprint density at radius 1 is 1.06 bits per heavy atom. The molecule has 0 aliphatic rings. The highest BCUT2D eigenvalue weighted by Crippen LogP contribution is 2.32. The van der Waals surface area contributed by atoms with Gasteiger partial charge in [0.1, 0.15) is 17.6 Å². The molecule has 18 heavy (non-hydrogen) atoms. The van der Waals surface area contributed by atoms with Gasteiger partial charge in [-0.25, -0.2) is 17.6 Å². The Morgan fingerprint density at radius 3 is 2.06 bits per heavy atom. The first-order valence-corrected chi connectivity index (χ1v) is 5.03. The number of furan rings is 1. The Balaban J connectivity index is 2.62. The van der Waals surface area contributed by atoms with Gasteiger partial charge in [-0.05, 0) is 19.1 Å². The van der Waals surface area contributed by atoms with E-state index in [2.05, 4.69) is 0 Å². The number of hydrogen-bond donors (Lipinski definition) is 1. The summed E-state index contributed by atoms with van der Waals surface area (Å²) in [6.07, 6.45) is -0.997. The third kappa shape index (κ3) is 1.99. The summed E-state index contributed by atoms with van der Waals surface area (Å²) < 4.78 is 57.8. The van der Waals surface area contributed by atoms with Crippen LogP contribution in [0.5, 0.6) is 0 Å². The fourth-order valence-corrected chi connectivity index (χ4v) is 1.50. The van der Waals surface area contributed by atoms with Gasteiger partial charge in [-0.3, -0.25) is 0 Å². The Morgan fingerprint density at radius 2 is 1.61 bits per heavy atom. The SMILES string of the molecule is CC(O)c1ccc(-c2c(F)c(F)cc(F)c2F)o1. The second-order valence-corrected chi connectivity index (χ2v) is 3.72. The molecule has 0 amide bonds. The van der Waals surface area contributed by atoms with Crippen LogP contribution in [0.4, 0.5) is 17.6 Å². The molecule has 1 N–H and O–H groups in total. The quantitative estimate of drug-likeness (QED) is 0.661. The molecule has 96 valence electrons. The van der Waals surface area contributed by atoms with Crippen molar-refractivity contribution < 1.29 is 27.1 Å². The number of hydrogen-bond acceptors (Lipinski definition) is 2. The summed E-state index contributed by atoms with van der Waals surface area (Å²) in [5.41, 5.74) is -0.931. The van der Waals surface area contributed by atoms with E-state index in [0.717, 1.165) is 6.07 Å². The van der Waals surface area contributed by atoms with Crippen LogP contribution in [0.15, 0.2) is 22.6 Å². The van der Waals surface area contributed by atoms with E-state index >= 15 is 0 Å². The predicted molar refractivity (Wildman–Crippen MR) is 54.6 cm³/mol. The maximum absolute atomic E-state index is 13.4. The minimum absolute atomic E-state index is 0.0356. The molecule has 0 radical (unpaired) electrons. The molecule has 0 spiro atoms. The van der Waals surface area contributed by atoms with Gasteiger partial charge in [0.05, 0.1) is 5.56 Å². The summed E-state index contributed by atoms with van der Waals surface area (Å²) in [5, 5.41) is 9.20. The summed E-state index contributed by atoms with van der Waals surface area (Å²) in [4.78, 5) is 0. The predicted octanol–water partition coefficient (Wildman–Crippen LogP) is 3.56. The first-order chi connectivity index (χ1) is 8.41. The molecular weight excluding hydrogens is 252 g/mol. The molecule has 1 aromatic heterocycles. The van der Waals surface area contributed by atoms with E-state index in [1.165, 1.54) is 13.0 Å². The van der Waals surface area contributed by atoms with E-state index < -0.39 is 34.9 Å². The third-order valence-electron chi connectivity index (χ3n) is 2.40. The van der Waals surface area contributed by atoms with E-state index in [1.807, 2.05) is 0 Å². The van der Waals surface area contributed by atoms with Crippen molar-refractivity contribution in [3.63, 3.8) is 0 Å². The van der Waals surface area contributed by atoms with Crippen LogP contribution in [0, 0.1) is 23.3 Å². The largest absolute Gasteiger partial charge is 0.458 e. The van der Waals surface area contributed by atoms with Gasteiger partial charge in [-0.1, -0.05) is 0 Å². The molecule has 2 nitrogen and oxygen atoms in total. The third-order valence-corrected chi connectivity index (χ3v) is 2.40. The van der Waals surface area contributed by atoms with Crippen molar-refractivity contribution in [2.24, 2.45) is 0 Å². The highest BCUT2D eigenvalue weighted by atomic mass is 19.2. The average molecular weight is 260 g/mol. The second-order valence-electron chi connectivity index (χ2n) is 3.72. The van der Waals surface area contributed by atoms with E-state index in [4.69, 9.17) is 4.42 Å². The van der Waals surface area contributed by atoms with Gasteiger partial charge < -0.3 is 9.52 Å². The van der Waals surface area contributed by atoms with Gasteiger partial charge in [-0.15, -0.1) is 0 Å². The number of aliphatic hydroxyl groups excluding tert-OH is 1. The van der Waals surface area contributed by atoms with E-state index in [9.17, 15) is 22.7 Å². The van der Waals surface area contributed by atoms with Crippen molar-refractivity contribution in [1.82, 2.24) is 0 Å². The van der Waals surface area contributed by atoms with Crippen molar-refractivity contribution in [1.29, 1.82) is 0 Å². The minimum atomic E-state index is -1.54. The lowest BCUT2D eigenvalue weighted by molar-refractivity contribution is 0.170. The van der Waals surface area contributed by atoms with Crippen LogP contribution >= 0.6 is 0 Å². The summed E-state index contributed by atoms with van der Waals surface area (Å²) in [7, 11) is 0. The van der Waals surface area contributed by atoms with Gasteiger partial charge in [0.2, 0.25) is 0 Å². The smallest absolute Gasteiger partial charge is 0.172 e. The first-order valence-electron chi connectivity index (χ1n) is 5.03. The van der Waals surface area contributed by atoms with Crippen LogP contribution in [-0.2, 0) is 0 Å². The molecule has 1 heterocycles. The molecule has 0 saturated heterocycles. The zero-order valence-corrected chi connectivity index (χ0v) is 9.18. The highest BCUT2D eigenvalue weighted by molar-refractivity contribution is 5.59. The Kier molecular flexibility index (Phi) is 3.13. The molecule has 1 aromatic carbocycles. The molecule has 1 atom stereocenters. The van der Waals surface area contributed by atoms with Gasteiger partial charge in [0.25, 0.3) is 0 Å². The number of halogens is 4. The molecule has 0 aliphatic heterocycles. The molecule has 0 bridgehead atoms. The molecule has 0 fully saturated rings. The van der Waals surface area contributed by atoms with Gasteiger partial charge in [0.15, 0.2) is 23.3 Å². The molecule has 2 rings (SSSR count). The topological polar surface area (TPSA) is 33.4 Å². The molecule has 0 saturated carbocycles. The first kappa shape index (κ1) is 12.6. The maximum Gasteiger partial charge on any atom is 0.172 e. The Bertz CT molecular complexity index is 564. The fraction of sp³-hybridized carbons (Fsp3) is 0.167. The van der Waals surface area contributed by atoms with Crippen molar-refractivity contribution >= 4 is 0 Å². The molecule has 0 aliphatic carbocycles. The fourth-order valence-electron chi connectivity index (χ4n) is 1.50. The lowest BCUT2D eigenvalue weighted by Gasteiger charge is -2.04. The zero-order chi connectivity index (χ0) is 13.4. The lowest BCUT2D eigenvalue weighted by atomic mass is 10.1. The molecule has 6 heteroatoms. The summed E-state index contributed by atoms with van der Waals surface area (Å²) in [6, 6.07) is 2.51. The monoisotopic (exact) mass is 260 g/mol. The number of aliphatic hydroxyl groups is 1. The second kappa shape index (κ2) is 4.45. The number of benzene rings is 1. The van der Waals surface area contributed by atoms with Gasteiger partial charge in [-0.2, -0.15) is 0 Å². The van der Waals surface area contributed by atoms with E-state index in [-0.39, 0.29) is 17.6 Å². The maximum atomic E-state index is 13.4. The van der Waals surface area contributed by atoms with Crippen molar-refractivity contribution in [3.05, 3.63) is 47.2 Å². The van der Waals surface area contributed by atoms with Crippen molar-refractivity contribution in [2.75, 3.05) is 0 Å². The average Bonchev–Trinajstić information content (AvgIpc) is 2.76. The minimum Gasteiger partial charge on any atom is -0.458 e. The molecule has 1 unspecified atom stereocenters. The standard InChI is InChI=1S/C12H8F4O2/c1-5(17)8-2-3-9(18-8)10-11(15)6(13)4-7(14)12(10)16/h2-5,17H,1H3. The highest BCUT2D eigenvalue weighted by Gasteiger charge is 2.23. The molecule has 2 aromatic rings. The van der Waals surface area contributed by atoms with Crippen LogP contribution in [0.1, 0.15) is 18.8 Å². The number of rotatable bonds is 2. The van der Waals surface area contributed by atoms with Gasteiger partial charge in [0, 0.05) is 6.07 Å². The molecular formula is C12H8F4O2. The summed E-state index contributed by atoms with van der Waals surface area (Å²) >= 11 is 0. The van der Waals surface area contributed by atoms with Gasteiger partial charge >= 0.3 is 0 Å². The van der Waals surface area contributed by atoms with Crippen molar-refractivity contribution in [2.45, 2.75) is 13.0 Å². The van der Waals surface area contributed by atoms with Crippen LogP contribution < -0.4 is 0 Å². The van der Waals surface area contributed by atoms with Crippen LogP contribution in [0.3, 0.4) is 0 Å². The van der Waals surface area contributed by atoms with Crippen LogP contribution in [0.2, 0.25) is 0 Å². The van der Waals surface area contributed by atoms with E-state index in [1.54, 1.807) is 0 Å². The summed E-state index contributed by atoms with van der Waals surface area (Å²) in [6.45, 7) is 1.38. The lowest BCUT2D eigenvalue weighted by Crippen LogP contribution is -1.97. The Labute approximate surface area is 99.5 Å². The summed E-state index contributed by atoms with van der Waals surface area (Å²) in [5.74, 6) is -6.47. The zero-order valence-electron chi connectivity index (χ0n) is 9.18. The van der Waals surface area contributed by atoms with Crippen molar-refractivity contribution in [3.8, 4) is 11.3 Å². The van der Waals surface area contributed by atoms with Crippen LogP contribution in [-0.4, -0.2) is 5.11 Å². The van der Waals surface area contributed by atoms with Crippen LogP contribution in [0.25, 0.3) is 11.3 Å². The Hall–Kier alpha value is -1.82.